The molecule has 0 rings (SSSR count). The summed E-state index contributed by atoms with van der Waals surface area (Å²) >= 11 is 0. The van der Waals surface area contributed by atoms with Crippen LogP contribution in [0.4, 0.5) is 0 Å². The zero-order valence-corrected chi connectivity index (χ0v) is 53.9. The van der Waals surface area contributed by atoms with E-state index in [-0.39, 0.29) is 19.1 Å². The van der Waals surface area contributed by atoms with Gasteiger partial charge in [-0.3, -0.25) is 13.8 Å². The third kappa shape index (κ3) is 63.0. The monoisotopic (exact) mass is 1140 g/mol. The van der Waals surface area contributed by atoms with Gasteiger partial charge in [-0.05, 0) is 83.5 Å². The number of phosphoric acid groups is 1. The second kappa shape index (κ2) is 61.0. The van der Waals surface area contributed by atoms with Gasteiger partial charge in [-0.1, -0.05) is 304 Å². The molecule has 0 aromatic rings. The van der Waals surface area contributed by atoms with Gasteiger partial charge in [0, 0.05) is 6.42 Å². The van der Waals surface area contributed by atoms with Gasteiger partial charge in [-0.2, -0.15) is 0 Å². The number of aliphatic hydroxyl groups excluding tert-OH is 1. The molecule has 9 heteroatoms. The van der Waals surface area contributed by atoms with Crippen LogP contribution in [0.1, 0.15) is 296 Å². The lowest BCUT2D eigenvalue weighted by atomic mass is 10.0. The molecule has 80 heavy (non-hydrogen) atoms. The first-order valence-electron chi connectivity index (χ1n) is 33.6. The molecule has 0 aliphatic carbocycles. The van der Waals surface area contributed by atoms with Gasteiger partial charge in [0.1, 0.15) is 13.2 Å². The van der Waals surface area contributed by atoms with Gasteiger partial charge in [0.2, 0.25) is 5.91 Å². The summed E-state index contributed by atoms with van der Waals surface area (Å²) in [5.41, 5.74) is 0. The third-order valence-corrected chi connectivity index (χ3v) is 15.8. The molecule has 8 nitrogen and oxygen atoms in total. The molecule has 0 heterocycles. The van der Waals surface area contributed by atoms with Crippen molar-refractivity contribution < 1.29 is 32.9 Å². The first-order chi connectivity index (χ1) is 39.0. The maximum atomic E-state index is 13.0. The number of carbonyl (C=O) groups is 1. The first kappa shape index (κ1) is 77.4. The molecular formula is C71H130N2O6P+. The van der Waals surface area contributed by atoms with Crippen LogP contribution in [0.15, 0.2) is 97.2 Å². The summed E-state index contributed by atoms with van der Waals surface area (Å²) in [6.07, 6.45) is 88.3. The molecule has 1 amide bonds. The molecule has 0 saturated carbocycles. The Labute approximate surface area is 496 Å². The Kier molecular flexibility index (Phi) is 59.0. The van der Waals surface area contributed by atoms with Crippen molar-refractivity contribution in [2.45, 2.75) is 309 Å². The Morgan fingerprint density at radius 3 is 1.15 bits per heavy atom. The number of rotatable bonds is 61. The fourth-order valence-electron chi connectivity index (χ4n) is 9.59. The summed E-state index contributed by atoms with van der Waals surface area (Å²) in [6, 6.07) is -0.874. The summed E-state index contributed by atoms with van der Waals surface area (Å²) < 4.78 is 23.8. The van der Waals surface area contributed by atoms with Crippen molar-refractivity contribution >= 4 is 13.7 Å². The van der Waals surface area contributed by atoms with Gasteiger partial charge < -0.3 is 19.8 Å². The number of aliphatic hydroxyl groups is 1. The van der Waals surface area contributed by atoms with E-state index in [1.54, 1.807) is 6.08 Å². The predicted octanol–water partition coefficient (Wildman–Crippen LogP) is 21.3. The van der Waals surface area contributed by atoms with Gasteiger partial charge in [-0.25, -0.2) is 4.57 Å². The Balaban J connectivity index is 4.18. The third-order valence-electron chi connectivity index (χ3n) is 14.8. The van der Waals surface area contributed by atoms with E-state index >= 15 is 0 Å². The SMILES string of the molecule is CC/C=C\C/C=C\C/C=C\C/C=C\C/C=C\C/C=C\CCCCCCCCCCCCC(=O)NC(COP(=O)(O)OCC[N+](C)(C)C)C(O)/C=C/CC/C=C/CCCCCCCCCCCCCCCCCCCCCCCCC. The van der Waals surface area contributed by atoms with Crippen LogP contribution in [-0.2, 0) is 18.4 Å². The Hall–Kier alpha value is -2.58. The lowest BCUT2D eigenvalue weighted by Crippen LogP contribution is -2.45. The van der Waals surface area contributed by atoms with Crippen LogP contribution >= 0.6 is 7.82 Å². The summed E-state index contributed by atoms with van der Waals surface area (Å²) in [6.45, 7) is 4.70. The molecule has 0 aromatic carbocycles. The number of carbonyl (C=O) groups excluding carboxylic acids is 1. The van der Waals surface area contributed by atoms with E-state index in [0.29, 0.717) is 17.4 Å². The van der Waals surface area contributed by atoms with E-state index in [9.17, 15) is 19.4 Å². The highest BCUT2D eigenvalue weighted by molar-refractivity contribution is 7.47. The topological polar surface area (TPSA) is 105 Å². The van der Waals surface area contributed by atoms with Gasteiger partial charge >= 0.3 is 7.82 Å². The Morgan fingerprint density at radius 1 is 0.438 bits per heavy atom. The van der Waals surface area contributed by atoms with Gasteiger partial charge in [0.15, 0.2) is 0 Å². The van der Waals surface area contributed by atoms with Crippen molar-refractivity contribution in [1.29, 1.82) is 0 Å². The maximum Gasteiger partial charge on any atom is 0.472 e. The molecule has 0 spiro atoms. The molecular weight excluding hydrogens is 1010 g/mol. The predicted molar refractivity (Wildman–Crippen MR) is 350 cm³/mol. The number of amides is 1. The van der Waals surface area contributed by atoms with Gasteiger partial charge in [0.25, 0.3) is 0 Å². The van der Waals surface area contributed by atoms with Crippen LogP contribution in [0, 0.1) is 0 Å². The number of nitrogens with zero attached hydrogens (tertiary/aromatic N) is 1. The average Bonchev–Trinajstić information content (AvgIpc) is 3.42. The lowest BCUT2D eigenvalue weighted by molar-refractivity contribution is -0.870. The van der Waals surface area contributed by atoms with Crippen molar-refractivity contribution in [1.82, 2.24) is 5.32 Å². The van der Waals surface area contributed by atoms with Crippen LogP contribution in [-0.4, -0.2) is 73.4 Å². The van der Waals surface area contributed by atoms with Crippen LogP contribution < -0.4 is 5.32 Å². The van der Waals surface area contributed by atoms with E-state index in [1.165, 1.54) is 193 Å². The van der Waals surface area contributed by atoms with E-state index in [1.807, 2.05) is 27.2 Å². The highest BCUT2D eigenvalue weighted by atomic mass is 31.2. The fourth-order valence-corrected chi connectivity index (χ4v) is 10.3. The zero-order chi connectivity index (χ0) is 58.4. The number of allylic oxidation sites excluding steroid dienone is 15. The highest BCUT2D eigenvalue weighted by Crippen LogP contribution is 2.43. The molecule has 0 radical (unpaired) electrons. The number of quaternary nitrogens is 1. The molecule has 3 unspecified atom stereocenters. The smallest absolute Gasteiger partial charge is 0.387 e. The molecule has 3 atom stereocenters. The summed E-state index contributed by atoms with van der Waals surface area (Å²) in [5.74, 6) is -0.192. The zero-order valence-electron chi connectivity index (χ0n) is 53.0. The van der Waals surface area contributed by atoms with E-state index in [4.69, 9.17) is 9.05 Å². The quantitative estimate of drug-likeness (QED) is 0.0243. The van der Waals surface area contributed by atoms with Crippen molar-refractivity contribution in [3.8, 4) is 0 Å². The number of unbranched alkanes of at least 4 members (excludes halogenated alkanes) is 34. The van der Waals surface area contributed by atoms with Gasteiger partial charge in [0.05, 0.1) is 39.9 Å². The standard InChI is InChI=1S/C71H129N2O6P/c1-6-8-10-12-14-16-18-20-22-24-26-28-30-32-34-36-38-40-42-44-46-48-50-52-54-56-58-60-62-64-70(74)69(68-79-80(76,77)78-67-66-73(3,4)5)72-71(75)65-63-61-59-57-55-53-51-49-47-45-43-41-39-37-35-33-31-29-27-25-23-21-19-17-15-13-11-9-7-2/h9,11,15,17,21,23,27,29,33,35,39,41,54,56,62,64,69-70,74H,6-8,10,12-14,16,18-20,22,24-26,28,30-32,34,36-38,40,42-53,55,57-61,63,65-68H2,1-5H3,(H-,72,75,76,77)/p+1/b11-9-,17-15-,23-21-,29-27-,35-33-,41-39-,56-54+,64-62+. The van der Waals surface area contributed by atoms with E-state index in [2.05, 4.69) is 104 Å². The number of nitrogens with one attached hydrogen (secondary N) is 1. The molecule has 0 aromatic heterocycles. The molecule has 0 aliphatic heterocycles. The molecule has 3 N–H and O–H groups in total. The van der Waals surface area contributed by atoms with Crippen LogP contribution in [0.25, 0.3) is 0 Å². The van der Waals surface area contributed by atoms with Crippen molar-refractivity contribution in [2.24, 2.45) is 0 Å². The maximum absolute atomic E-state index is 13.0. The summed E-state index contributed by atoms with van der Waals surface area (Å²) in [5, 5.41) is 14.0. The van der Waals surface area contributed by atoms with Crippen molar-refractivity contribution in [3.05, 3.63) is 97.2 Å². The minimum Gasteiger partial charge on any atom is -0.387 e. The van der Waals surface area contributed by atoms with Gasteiger partial charge in [-0.15, -0.1) is 0 Å². The Bertz CT molecular complexity index is 1620. The minimum atomic E-state index is -4.37. The Morgan fingerprint density at radius 2 is 0.762 bits per heavy atom. The van der Waals surface area contributed by atoms with E-state index < -0.39 is 20.0 Å². The normalized spacial score (nSPS) is 14.3. The largest absolute Gasteiger partial charge is 0.472 e. The molecule has 0 bridgehead atoms. The number of hydrogen-bond donors (Lipinski definition) is 3. The number of hydrogen-bond acceptors (Lipinski definition) is 5. The molecule has 0 saturated heterocycles. The number of phosphoric ester groups is 1. The summed E-state index contributed by atoms with van der Waals surface area (Å²) in [7, 11) is 1.55. The average molecular weight is 1140 g/mol. The van der Waals surface area contributed by atoms with Crippen LogP contribution in [0.5, 0.6) is 0 Å². The van der Waals surface area contributed by atoms with Crippen molar-refractivity contribution in [3.63, 3.8) is 0 Å². The van der Waals surface area contributed by atoms with Crippen LogP contribution in [0.2, 0.25) is 0 Å². The second-order valence-corrected chi connectivity index (χ2v) is 25.3. The fraction of sp³-hybridized carbons (Fsp3) is 0.761. The van der Waals surface area contributed by atoms with Crippen molar-refractivity contribution in [2.75, 3.05) is 40.9 Å². The lowest BCUT2D eigenvalue weighted by Gasteiger charge is -2.25. The summed E-state index contributed by atoms with van der Waals surface area (Å²) in [4.78, 5) is 23.4. The highest BCUT2D eigenvalue weighted by Gasteiger charge is 2.28. The number of likely N-dealkylation sites (N-methyl/N-ethyl adjacent to an activating group) is 1. The van der Waals surface area contributed by atoms with E-state index in [0.717, 1.165) is 83.5 Å². The minimum absolute atomic E-state index is 0.0512. The first-order valence-corrected chi connectivity index (χ1v) is 35.1. The molecule has 464 valence electrons. The second-order valence-electron chi connectivity index (χ2n) is 23.8. The molecule has 0 aliphatic rings. The molecule has 0 fully saturated rings. The van der Waals surface area contributed by atoms with Crippen LogP contribution in [0.3, 0.4) is 0 Å².